The van der Waals surface area contributed by atoms with E-state index in [0.29, 0.717) is 11.6 Å². The quantitative estimate of drug-likeness (QED) is 0.831. The number of hydrogen-bond acceptors (Lipinski definition) is 2. The topological polar surface area (TPSA) is 40.7 Å². The molecule has 1 aromatic heterocycles. The van der Waals surface area contributed by atoms with E-state index in [1.165, 1.54) is 0 Å². The average molecular weight is 281 g/mol. The Morgan fingerprint density at radius 3 is 2.30 bits per heavy atom. The summed E-state index contributed by atoms with van der Waals surface area (Å²) in [5, 5.41) is 10.3. The van der Waals surface area contributed by atoms with Gasteiger partial charge in [-0.3, -0.25) is 5.10 Å². The molecule has 20 heavy (non-hydrogen) atoms. The second kappa shape index (κ2) is 5.28. The van der Waals surface area contributed by atoms with Crippen molar-refractivity contribution in [3.63, 3.8) is 0 Å². The molecular formula is C14H14F3N3. The maximum atomic E-state index is 13.2. The lowest BCUT2D eigenvalue weighted by Gasteiger charge is -2.20. The Labute approximate surface area is 114 Å². The van der Waals surface area contributed by atoms with Gasteiger partial charge in [-0.1, -0.05) is 0 Å². The maximum absolute atomic E-state index is 13.2. The fourth-order valence-electron chi connectivity index (χ4n) is 2.53. The number of piperidine rings is 1. The van der Waals surface area contributed by atoms with Crippen LogP contribution in [0.3, 0.4) is 0 Å². The lowest BCUT2D eigenvalue weighted by molar-refractivity contribution is 0.447. The molecule has 0 bridgehead atoms. The summed E-state index contributed by atoms with van der Waals surface area (Å²) in [5.41, 5.74) is 1.61. The molecule has 1 aromatic carbocycles. The summed E-state index contributed by atoms with van der Waals surface area (Å²) < 4.78 is 39.4. The van der Waals surface area contributed by atoms with Crippen LogP contribution in [0.2, 0.25) is 0 Å². The SMILES string of the molecule is Fc1cc(-c2cc(C3CCNCC3)[nH]n2)cc(F)c1F. The third-order valence-electron chi connectivity index (χ3n) is 3.66. The van der Waals surface area contributed by atoms with Crippen molar-refractivity contribution >= 4 is 0 Å². The highest BCUT2D eigenvalue weighted by Crippen LogP contribution is 2.28. The Balaban J connectivity index is 1.89. The molecule has 0 unspecified atom stereocenters. The molecule has 1 aliphatic heterocycles. The number of hydrogen-bond donors (Lipinski definition) is 2. The summed E-state index contributed by atoms with van der Waals surface area (Å²) in [6.07, 6.45) is 1.99. The van der Waals surface area contributed by atoms with Crippen molar-refractivity contribution in [2.75, 3.05) is 13.1 Å². The number of benzene rings is 1. The van der Waals surface area contributed by atoms with Gasteiger partial charge in [-0.25, -0.2) is 13.2 Å². The summed E-state index contributed by atoms with van der Waals surface area (Å²) in [6, 6.07) is 3.70. The van der Waals surface area contributed by atoms with Crippen LogP contribution in [0, 0.1) is 17.5 Å². The van der Waals surface area contributed by atoms with Crippen LogP contribution in [-0.4, -0.2) is 23.3 Å². The number of aromatic nitrogens is 2. The van der Waals surface area contributed by atoms with Crippen LogP contribution in [0.4, 0.5) is 13.2 Å². The molecule has 2 heterocycles. The average Bonchev–Trinajstić information content (AvgIpc) is 2.95. The molecule has 3 rings (SSSR count). The molecule has 0 atom stereocenters. The zero-order valence-electron chi connectivity index (χ0n) is 10.7. The van der Waals surface area contributed by atoms with Crippen LogP contribution in [0.25, 0.3) is 11.3 Å². The van der Waals surface area contributed by atoms with Gasteiger partial charge < -0.3 is 5.32 Å². The fourth-order valence-corrected chi connectivity index (χ4v) is 2.53. The van der Waals surface area contributed by atoms with E-state index in [0.717, 1.165) is 43.8 Å². The van der Waals surface area contributed by atoms with Crippen LogP contribution in [0.5, 0.6) is 0 Å². The highest BCUT2D eigenvalue weighted by Gasteiger charge is 2.19. The van der Waals surface area contributed by atoms with Gasteiger partial charge in [-0.05, 0) is 44.1 Å². The lowest BCUT2D eigenvalue weighted by Crippen LogP contribution is -2.26. The van der Waals surface area contributed by atoms with Crippen LogP contribution < -0.4 is 5.32 Å². The number of aromatic amines is 1. The number of halogens is 3. The molecule has 2 aromatic rings. The molecule has 106 valence electrons. The Bertz CT molecular complexity index is 595. The van der Waals surface area contributed by atoms with Crippen molar-refractivity contribution in [1.82, 2.24) is 15.5 Å². The molecule has 2 N–H and O–H groups in total. The van der Waals surface area contributed by atoms with Crippen molar-refractivity contribution in [1.29, 1.82) is 0 Å². The molecule has 0 radical (unpaired) electrons. The van der Waals surface area contributed by atoms with Gasteiger partial charge in [-0.2, -0.15) is 5.10 Å². The van der Waals surface area contributed by atoms with Gasteiger partial charge in [0.25, 0.3) is 0 Å². The highest BCUT2D eigenvalue weighted by atomic mass is 19.2. The Kier molecular flexibility index (Phi) is 3.48. The number of H-pyrrole nitrogens is 1. The highest BCUT2D eigenvalue weighted by molar-refractivity contribution is 5.59. The minimum atomic E-state index is -1.46. The Morgan fingerprint density at radius 1 is 1.00 bits per heavy atom. The standard InChI is InChI=1S/C14H14F3N3/c15-10-5-9(6-11(16)14(10)17)13-7-12(19-20-13)8-1-3-18-4-2-8/h5-8,18H,1-4H2,(H,19,20). The normalized spacial score (nSPS) is 16.6. The van der Waals surface area contributed by atoms with Gasteiger partial charge in [0.2, 0.25) is 0 Å². The van der Waals surface area contributed by atoms with Gasteiger partial charge in [0.15, 0.2) is 17.5 Å². The molecule has 3 nitrogen and oxygen atoms in total. The second-order valence-electron chi connectivity index (χ2n) is 4.99. The van der Waals surface area contributed by atoms with E-state index in [2.05, 4.69) is 15.5 Å². The molecule has 0 saturated carbocycles. The van der Waals surface area contributed by atoms with E-state index < -0.39 is 17.5 Å². The predicted octanol–water partition coefficient (Wildman–Crippen LogP) is 2.96. The van der Waals surface area contributed by atoms with Gasteiger partial charge in [0.1, 0.15) is 0 Å². The molecule has 1 fully saturated rings. The van der Waals surface area contributed by atoms with E-state index in [1.54, 1.807) is 6.07 Å². The zero-order valence-corrected chi connectivity index (χ0v) is 10.7. The van der Waals surface area contributed by atoms with Gasteiger partial charge in [-0.15, -0.1) is 0 Å². The first-order valence-electron chi connectivity index (χ1n) is 6.56. The van der Waals surface area contributed by atoms with E-state index >= 15 is 0 Å². The Morgan fingerprint density at radius 2 is 1.65 bits per heavy atom. The summed E-state index contributed by atoms with van der Waals surface area (Å²) in [6.45, 7) is 1.89. The minimum Gasteiger partial charge on any atom is -0.317 e. The first-order chi connectivity index (χ1) is 9.65. The molecule has 1 aliphatic rings. The molecule has 0 spiro atoms. The van der Waals surface area contributed by atoms with Crippen LogP contribution >= 0.6 is 0 Å². The van der Waals surface area contributed by atoms with E-state index in [-0.39, 0.29) is 5.56 Å². The van der Waals surface area contributed by atoms with Crippen molar-refractivity contribution in [2.45, 2.75) is 18.8 Å². The summed E-state index contributed by atoms with van der Waals surface area (Å²) in [7, 11) is 0. The van der Waals surface area contributed by atoms with Gasteiger partial charge >= 0.3 is 0 Å². The number of rotatable bonds is 2. The second-order valence-corrected chi connectivity index (χ2v) is 4.99. The molecule has 0 aliphatic carbocycles. The first kappa shape index (κ1) is 13.2. The fraction of sp³-hybridized carbons (Fsp3) is 0.357. The van der Waals surface area contributed by atoms with Crippen molar-refractivity contribution < 1.29 is 13.2 Å². The van der Waals surface area contributed by atoms with Crippen LogP contribution in [-0.2, 0) is 0 Å². The number of nitrogens with one attached hydrogen (secondary N) is 2. The summed E-state index contributed by atoms with van der Waals surface area (Å²) >= 11 is 0. The smallest absolute Gasteiger partial charge is 0.194 e. The third kappa shape index (κ3) is 2.43. The summed E-state index contributed by atoms with van der Waals surface area (Å²) in [5.74, 6) is -3.49. The van der Waals surface area contributed by atoms with E-state index in [9.17, 15) is 13.2 Å². The van der Waals surface area contributed by atoms with E-state index in [1.807, 2.05) is 0 Å². The summed E-state index contributed by atoms with van der Waals surface area (Å²) in [4.78, 5) is 0. The van der Waals surface area contributed by atoms with Crippen LogP contribution in [0.15, 0.2) is 18.2 Å². The Hall–Kier alpha value is -1.82. The predicted molar refractivity (Wildman–Crippen MR) is 68.7 cm³/mol. The monoisotopic (exact) mass is 281 g/mol. The van der Waals surface area contributed by atoms with Crippen molar-refractivity contribution in [2.24, 2.45) is 0 Å². The molecule has 6 heteroatoms. The zero-order chi connectivity index (χ0) is 14.1. The lowest BCUT2D eigenvalue weighted by atomic mass is 9.94. The minimum absolute atomic E-state index is 0.234. The molecule has 0 amide bonds. The van der Waals surface area contributed by atoms with Crippen molar-refractivity contribution in [3.05, 3.63) is 41.3 Å². The first-order valence-corrected chi connectivity index (χ1v) is 6.56. The van der Waals surface area contributed by atoms with Gasteiger partial charge in [0.05, 0.1) is 5.69 Å². The molecular weight excluding hydrogens is 267 g/mol. The maximum Gasteiger partial charge on any atom is 0.194 e. The van der Waals surface area contributed by atoms with Crippen molar-refractivity contribution in [3.8, 4) is 11.3 Å². The third-order valence-corrected chi connectivity index (χ3v) is 3.66. The van der Waals surface area contributed by atoms with E-state index in [4.69, 9.17) is 0 Å². The number of nitrogens with zero attached hydrogens (tertiary/aromatic N) is 1. The van der Waals surface area contributed by atoms with Gasteiger partial charge in [0, 0.05) is 17.2 Å². The molecule has 1 saturated heterocycles. The van der Waals surface area contributed by atoms with Crippen LogP contribution in [0.1, 0.15) is 24.5 Å². The largest absolute Gasteiger partial charge is 0.317 e.